The molecule has 1 aromatic heterocycles. The minimum absolute atomic E-state index is 0.0416. The van der Waals surface area contributed by atoms with E-state index in [1.54, 1.807) is 0 Å². The van der Waals surface area contributed by atoms with Crippen molar-refractivity contribution in [1.29, 1.82) is 0 Å². The highest BCUT2D eigenvalue weighted by Crippen LogP contribution is 2.16. The maximum atomic E-state index is 12.2. The van der Waals surface area contributed by atoms with Crippen molar-refractivity contribution in [3.05, 3.63) is 57.3 Å². The molecule has 0 amide bonds. The van der Waals surface area contributed by atoms with E-state index in [2.05, 4.69) is 27.4 Å². The molecule has 0 aliphatic heterocycles. The summed E-state index contributed by atoms with van der Waals surface area (Å²) in [5.74, 6) is 0.0416. The number of hydrogen-bond donors (Lipinski definition) is 0. The molecule has 3 nitrogen and oxygen atoms in total. The lowest BCUT2D eigenvalue weighted by Crippen LogP contribution is -2.10. The topological polar surface area (TPSA) is 31.2 Å². The van der Waals surface area contributed by atoms with Gasteiger partial charge in [-0.1, -0.05) is 28.1 Å². The number of halogens is 1. The van der Waals surface area contributed by atoms with Gasteiger partial charge >= 0.3 is 0 Å². The van der Waals surface area contributed by atoms with Gasteiger partial charge in [0.1, 0.15) is 6.61 Å². The average molecular weight is 350 g/mol. The number of Topliss-reactive ketones (excluding diaryl/α,β-unsaturated/α-hetero) is 1. The van der Waals surface area contributed by atoms with Gasteiger partial charge in [-0.25, -0.2) is 0 Å². The molecule has 1 heterocycles. The molecule has 1 aromatic carbocycles. The second-order valence-corrected chi connectivity index (χ2v) is 5.99. The van der Waals surface area contributed by atoms with Gasteiger partial charge in [-0.15, -0.1) is 0 Å². The molecule has 4 heteroatoms. The predicted molar refractivity (Wildman–Crippen MR) is 87.7 cm³/mol. The SMILES string of the molecule is CCn1c(C)cc(C(=O)COCc2ccc(Br)cc2)c1C. The van der Waals surface area contributed by atoms with Crippen molar-refractivity contribution in [2.45, 2.75) is 33.9 Å². The molecular weight excluding hydrogens is 330 g/mol. The highest BCUT2D eigenvalue weighted by Gasteiger charge is 2.14. The molecule has 0 saturated heterocycles. The van der Waals surface area contributed by atoms with Gasteiger partial charge in [0, 0.05) is 28.0 Å². The summed E-state index contributed by atoms with van der Waals surface area (Å²) >= 11 is 3.39. The minimum Gasteiger partial charge on any atom is -0.369 e. The number of ketones is 1. The zero-order valence-corrected chi connectivity index (χ0v) is 14.2. The molecule has 0 bridgehead atoms. The number of nitrogens with zero attached hydrogens (tertiary/aromatic N) is 1. The van der Waals surface area contributed by atoms with Gasteiger partial charge in [0.2, 0.25) is 0 Å². The summed E-state index contributed by atoms with van der Waals surface area (Å²) in [5.41, 5.74) is 3.97. The number of hydrogen-bond acceptors (Lipinski definition) is 2. The van der Waals surface area contributed by atoms with Crippen molar-refractivity contribution in [2.75, 3.05) is 6.61 Å². The Bertz CT molecular complexity index is 629. The van der Waals surface area contributed by atoms with Gasteiger partial charge in [0.15, 0.2) is 5.78 Å². The Morgan fingerprint density at radius 3 is 2.48 bits per heavy atom. The van der Waals surface area contributed by atoms with Crippen LogP contribution in [0.4, 0.5) is 0 Å². The van der Waals surface area contributed by atoms with Crippen LogP contribution in [0, 0.1) is 13.8 Å². The van der Waals surface area contributed by atoms with Crippen molar-refractivity contribution < 1.29 is 9.53 Å². The molecule has 0 N–H and O–H groups in total. The standard InChI is InChI=1S/C17H20BrNO2/c1-4-19-12(2)9-16(13(19)3)17(20)11-21-10-14-5-7-15(18)8-6-14/h5-9H,4,10-11H2,1-3H3. The fourth-order valence-corrected chi connectivity index (χ4v) is 2.75. The lowest BCUT2D eigenvalue weighted by Gasteiger charge is -2.06. The molecule has 0 aliphatic carbocycles. The van der Waals surface area contributed by atoms with Crippen molar-refractivity contribution >= 4 is 21.7 Å². The first-order chi connectivity index (χ1) is 10.0. The van der Waals surface area contributed by atoms with Gasteiger partial charge in [-0.2, -0.15) is 0 Å². The molecule has 0 aliphatic rings. The highest BCUT2D eigenvalue weighted by molar-refractivity contribution is 9.10. The van der Waals surface area contributed by atoms with Crippen molar-refractivity contribution in [3.8, 4) is 0 Å². The summed E-state index contributed by atoms with van der Waals surface area (Å²) in [6.07, 6.45) is 0. The maximum Gasteiger partial charge on any atom is 0.190 e. The van der Waals surface area contributed by atoms with Gasteiger partial charge < -0.3 is 9.30 Å². The molecule has 0 saturated carbocycles. The quantitative estimate of drug-likeness (QED) is 0.728. The van der Waals surface area contributed by atoms with Crippen LogP contribution in [0.2, 0.25) is 0 Å². The zero-order chi connectivity index (χ0) is 15.4. The van der Waals surface area contributed by atoms with Crippen LogP contribution in [0.1, 0.15) is 34.2 Å². The fourth-order valence-electron chi connectivity index (χ4n) is 2.49. The van der Waals surface area contributed by atoms with E-state index in [-0.39, 0.29) is 12.4 Å². The fraction of sp³-hybridized carbons (Fsp3) is 0.353. The number of rotatable bonds is 6. The molecule has 0 radical (unpaired) electrons. The third-order valence-electron chi connectivity index (χ3n) is 3.61. The lowest BCUT2D eigenvalue weighted by atomic mass is 10.1. The second-order valence-electron chi connectivity index (χ2n) is 5.07. The Morgan fingerprint density at radius 2 is 1.90 bits per heavy atom. The van der Waals surface area contributed by atoms with Crippen LogP contribution >= 0.6 is 15.9 Å². The van der Waals surface area contributed by atoms with E-state index in [4.69, 9.17) is 4.74 Å². The Labute approximate surface area is 134 Å². The van der Waals surface area contributed by atoms with E-state index < -0.39 is 0 Å². The van der Waals surface area contributed by atoms with Crippen LogP contribution in [-0.4, -0.2) is 17.0 Å². The van der Waals surface area contributed by atoms with E-state index in [0.717, 1.165) is 33.5 Å². The number of benzene rings is 1. The molecular formula is C17H20BrNO2. The zero-order valence-electron chi connectivity index (χ0n) is 12.6. The Hall–Kier alpha value is -1.39. The number of aryl methyl sites for hydroxylation is 1. The van der Waals surface area contributed by atoms with Gasteiger partial charge in [0.25, 0.3) is 0 Å². The molecule has 0 atom stereocenters. The molecule has 0 fully saturated rings. The highest BCUT2D eigenvalue weighted by atomic mass is 79.9. The summed E-state index contributed by atoms with van der Waals surface area (Å²) in [6, 6.07) is 9.85. The summed E-state index contributed by atoms with van der Waals surface area (Å²) in [7, 11) is 0. The lowest BCUT2D eigenvalue weighted by molar-refractivity contribution is 0.0726. The monoisotopic (exact) mass is 349 g/mol. The van der Waals surface area contributed by atoms with Crippen molar-refractivity contribution in [3.63, 3.8) is 0 Å². The summed E-state index contributed by atoms with van der Waals surface area (Å²) in [5, 5.41) is 0. The van der Waals surface area contributed by atoms with E-state index >= 15 is 0 Å². The number of carbonyl (C=O) groups excluding carboxylic acids is 1. The van der Waals surface area contributed by atoms with Crippen LogP contribution in [0.5, 0.6) is 0 Å². The van der Waals surface area contributed by atoms with Crippen LogP contribution in [0.25, 0.3) is 0 Å². The first kappa shape index (κ1) is 16.0. The van der Waals surface area contributed by atoms with Gasteiger partial charge in [-0.05, 0) is 44.5 Å². The van der Waals surface area contributed by atoms with Crippen LogP contribution < -0.4 is 0 Å². The molecule has 21 heavy (non-hydrogen) atoms. The Kier molecular flexibility index (Phi) is 5.37. The van der Waals surface area contributed by atoms with Crippen molar-refractivity contribution in [2.24, 2.45) is 0 Å². The normalized spacial score (nSPS) is 10.9. The van der Waals surface area contributed by atoms with E-state index in [1.165, 1.54) is 0 Å². The predicted octanol–water partition coefficient (Wildman–Crippen LogP) is 4.29. The maximum absolute atomic E-state index is 12.2. The van der Waals surface area contributed by atoms with Gasteiger partial charge in [0.05, 0.1) is 6.61 Å². The van der Waals surface area contributed by atoms with E-state index in [0.29, 0.717) is 6.61 Å². The van der Waals surface area contributed by atoms with Crippen LogP contribution in [-0.2, 0) is 17.9 Å². The third kappa shape index (κ3) is 3.83. The Balaban J connectivity index is 1.94. The van der Waals surface area contributed by atoms with Crippen molar-refractivity contribution in [1.82, 2.24) is 4.57 Å². The minimum atomic E-state index is 0.0416. The Morgan fingerprint density at radius 1 is 1.24 bits per heavy atom. The number of ether oxygens (including phenoxy) is 1. The summed E-state index contributed by atoms with van der Waals surface area (Å²) < 4.78 is 8.72. The molecule has 0 spiro atoms. The third-order valence-corrected chi connectivity index (χ3v) is 4.13. The largest absolute Gasteiger partial charge is 0.369 e. The first-order valence-corrected chi connectivity index (χ1v) is 7.84. The van der Waals surface area contributed by atoms with Gasteiger partial charge in [-0.3, -0.25) is 4.79 Å². The summed E-state index contributed by atoms with van der Waals surface area (Å²) in [4.78, 5) is 12.2. The smallest absolute Gasteiger partial charge is 0.190 e. The number of carbonyl (C=O) groups is 1. The second kappa shape index (κ2) is 7.05. The molecule has 2 rings (SSSR count). The van der Waals surface area contributed by atoms with E-state index in [1.807, 2.05) is 44.2 Å². The first-order valence-electron chi connectivity index (χ1n) is 7.05. The van der Waals surface area contributed by atoms with Crippen LogP contribution in [0.3, 0.4) is 0 Å². The van der Waals surface area contributed by atoms with E-state index in [9.17, 15) is 4.79 Å². The number of aromatic nitrogens is 1. The van der Waals surface area contributed by atoms with Crippen LogP contribution in [0.15, 0.2) is 34.8 Å². The summed E-state index contributed by atoms with van der Waals surface area (Å²) in [6.45, 7) is 7.53. The average Bonchev–Trinajstić information content (AvgIpc) is 2.75. The molecule has 112 valence electrons. The molecule has 0 unspecified atom stereocenters. The molecule has 2 aromatic rings.